The fourth-order valence-corrected chi connectivity index (χ4v) is 14.6. The van der Waals surface area contributed by atoms with E-state index in [-0.39, 0.29) is 11.6 Å². The van der Waals surface area contributed by atoms with Crippen LogP contribution in [0, 0.1) is 11.6 Å². The zero-order chi connectivity index (χ0) is 37.8. The van der Waals surface area contributed by atoms with E-state index in [0.717, 1.165) is 32.1 Å². The molecule has 0 bridgehead atoms. The van der Waals surface area contributed by atoms with Crippen LogP contribution in [0.15, 0.2) is 194 Å². The second-order valence-corrected chi connectivity index (χ2v) is 19.0. The zero-order valence-electron chi connectivity index (χ0n) is 30.6. The van der Waals surface area contributed by atoms with Crippen LogP contribution in [0.4, 0.5) is 8.78 Å². The van der Waals surface area contributed by atoms with Crippen molar-refractivity contribution in [2.45, 2.75) is 0 Å². The Labute approximate surface area is 327 Å². The maximum Gasteiger partial charge on any atom is 0.179 e. The summed E-state index contributed by atoms with van der Waals surface area (Å²) >= 11 is 0. The Morgan fingerprint density at radius 1 is 0.281 bits per heavy atom. The lowest BCUT2D eigenvalue weighted by Crippen LogP contribution is -2.74. The van der Waals surface area contributed by atoms with Crippen molar-refractivity contribution < 1.29 is 8.78 Å². The van der Waals surface area contributed by atoms with Crippen molar-refractivity contribution in [3.63, 3.8) is 0 Å². The van der Waals surface area contributed by atoms with Gasteiger partial charge in [-0.3, -0.25) is 0 Å². The molecule has 2 aromatic heterocycles. The second-order valence-electron chi connectivity index (χ2n) is 15.2. The SMILES string of the molecule is Fc1ccc([Si](c2ccc(F)cc2)(c2ccc(-n3c4cccc5ccc6cccc3c6c54)cc2)c2ccc(-n3c4cccc5ccc6cccc3c6c54)cc2)cc1. The van der Waals surface area contributed by atoms with E-state index < -0.39 is 8.07 Å². The highest BCUT2D eigenvalue weighted by molar-refractivity contribution is 7.19. The third-order valence-corrected chi connectivity index (χ3v) is 17.1. The van der Waals surface area contributed by atoms with Crippen molar-refractivity contribution in [2.24, 2.45) is 0 Å². The normalized spacial score (nSPS) is 12.4. The highest BCUT2D eigenvalue weighted by Crippen LogP contribution is 2.40. The zero-order valence-corrected chi connectivity index (χ0v) is 31.6. The minimum atomic E-state index is -3.16. The van der Waals surface area contributed by atoms with Gasteiger partial charge in [-0.25, -0.2) is 8.78 Å². The first kappa shape index (κ1) is 32.2. The Balaban J connectivity index is 1.09. The molecule has 0 amide bonds. The fraction of sp³-hybridized carbons (Fsp3) is 0. The summed E-state index contributed by atoms with van der Waals surface area (Å²) in [6.07, 6.45) is 0. The molecule has 2 heterocycles. The lowest BCUT2D eigenvalue weighted by Gasteiger charge is -2.34. The van der Waals surface area contributed by atoms with E-state index in [4.69, 9.17) is 0 Å². The van der Waals surface area contributed by atoms with Crippen LogP contribution in [0.1, 0.15) is 0 Å². The van der Waals surface area contributed by atoms with Gasteiger partial charge in [0.2, 0.25) is 0 Å². The highest BCUT2D eigenvalue weighted by atomic mass is 28.3. The first-order chi connectivity index (χ1) is 28.1. The number of hydrogen-bond donors (Lipinski definition) is 0. The number of hydrogen-bond acceptors (Lipinski definition) is 0. The number of halogens is 2. The van der Waals surface area contributed by atoms with Gasteiger partial charge in [-0.05, 0) is 115 Å². The van der Waals surface area contributed by atoms with Gasteiger partial charge >= 0.3 is 0 Å². The fourth-order valence-electron chi connectivity index (χ4n) is 9.92. The van der Waals surface area contributed by atoms with Crippen molar-refractivity contribution in [2.75, 3.05) is 0 Å². The molecule has 0 fully saturated rings. The molecule has 0 N–H and O–H groups in total. The van der Waals surface area contributed by atoms with Gasteiger partial charge in [0, 0.05) is 32.9 Å². The molecule has 0 aliphatic heterocycles. The van der Waals surface area contributed by atoms with Gasteiger partial charge in [-0.1, -0.05) is 121 Å². The average molecular weight is 751 g/mol. The van der Waals surface area contributed by atoms with E-state index in [2.05, 4.69) is 155 Å². The van der Waals surface area contributed by atoms with Crippen LogP contribution in [-0.2, 0) is 0 Å². The molecule has 268 valence electrons. The summed E-state index contributed by atoms with van der Waals surface area (Å²) in [5.74, 6) is -0.583. The number of nitrogens with zero attached hydrogens (tertiary/aromatic N) is 2. The van der Waals surface area contributed by atoms with Gasteiger partial charge in [0.1, 0.15) is 11.6 Å². The van der Waals surface area contributed by atoms with Crippen molar-refractivity contribution >= 4 is 94.0 Å². The van der Waals surface area contributed by atoms with Crippen LogP contribution < -0.4 is 20.7 Å². The third kappa shape index (κ3) is 4.49. The molecule has 5 heteroatoms. The van der Waals surface area contributed by atoms with Crippen LogP contribution in [0.2, 0.25) is 0 Å². The standard InChI is InChI=1S/C52H32F2N2Si/c53-37-17-25-41(26-18-37)57(42-27-19-38(54)20-28-42,43-29-21-39(22-30-43)55-45-9-1-5-33-13-14-34-6-2-10-46(55)50(34)49(33)45)44-31-23-40(24-32-44)56-47-11-3-7-35-15-16-36-8-4-12-48(56)52(36)51(35)47/h1-32H. The van der Waals surface area contributed by atoms with Crippen LogP contribution >= 0.6 is 0 Å². The Hall–Kier alpha value is -7.08. The maximum atomic E-state index is 14.7. The van der Waals surface area contributed by atoms with E-state index >= 15 is 0 Å². The molecule has 0 spiro atoms. The van der Waals surface area contributed by atoms with Gasteiger partial charge in [0.25, 0.3) is 0 Å². The van der Waals surface area contributed by atoms with Gasteiger partial charge < -0.3 is 9.13 Å². The predicted molar refractivity (Wildman–Crippen MR) is 236 cm³/mol. The molecule has 12 aromatic rings. The molecule has 12 rings (SSSR count). The van der Waals surface area contributed by atoms with Gasteiger partial charge in [-0.2, -0.15) is 0 Å². The molecular weight excluding hydrogens is 719 g/mol. The minimum absolute atomic E-state index is 0.291. The van der Waals surface area contributed by atoms with E-state index in [1.807, 2.05) is 24.3 Å². The molecule has 0 saturated carbocycles. The molecule has 10 aromatic carbocycles. The van der Waals surface area contributed by atoms with Crippen LogP contribution in [-0.4, -0.2) is 17.2 Å². The average Bonchev–Trinajstić information content (AvgIpc) is 3.79. The monoisotopic (exact) mass is 750 g/mol. The van der Waals surface area contributed by atoms with E-state index in [1.165, 1.54) is 65.2 Å². The first-order valence-corrected chi connectivity index (χ1v) is 21.3. The highest BCUT2D eigenvalue weighted by Gasteiger charge is 2.42. The Morgan fingerprint density at radius 2 is 0.544 bits per heavy atom. The Kier molecular flexibility index (Phi) is 6.75. The van der Waals surface area contributed by atoms with Crippen molar-refractivity contribution in [3.05, 3.63) is 206 Å². The third-order valence-electron chi connectivity index (χ3n) is 12.3. The predicted octanol–water partition coefficient (Wildman–Crippen LogP) is 10.7. The van der Waals surface area contributed by atoms with Crippen LogP contribution in [0.25, 0.3) is 76.5 Å². The Bertz CT molecular complexity index is 3080. The lowest BCUT2D eigenvalue weighted by atomic mass is 10.0. The molecule has 0 aliphatic rings. The molecule has 0 aliphatic carbocycles. The quantitative estimate of drug-likeness (QED) is 0.0910. The van der Waals surface area contributed by atoms with Crippen LogP contribution in [0.3, 0.4) is 0 Å². The molecular formula is C52H32F2N2Si. The second kappa shape index (κ2) is 12.0. The molecule has 2 nitrogen and oxygen atoms in total. The van der Waals surface area contributed by atoms with Crippen LogP contribution in [0.5, 0.6) is 0 Å². The summed E-state index contributed by atoms with van der Waals surface area (Å²) < 4.78 is 34.2. The molecule has 57 heavy (non-hydrogen) atoms. The largest absolute Gasteiger partial charge is 0.309 e. The smallest absolute Gasteiger partial charge is 0.179 e. The van der Waals surface area contributed by atoms with Gasteiger partial charge in [0.15, 0.2) is 8.07 Å². The number of rotatable bonds is 6. The topological polar surface area (TPSA) is 9.86 Å². The lowest BCUT2D eigenvalue weighted by molar-refractivity contribution is 0.628. The van der Waals surface area contributed by atoms with E-state index in [0.29, 0.717) is 0 Å². The van der Waals surface area contributed by atoms with Crippen molar-refractivity contribution in [3.8, 4) is 11.4 Å². The maximum absolute atomic E-state index is 14.7. The molecule has 0 saturated heterocycles. The molecule has 0 unspecified atom stereocenters. The summed E-state index contributed by atoms with van der Waals surface area (Å²) in [7, 11) is -3.16. The summed E-state index contributed by atoms with van der Waals surface area (Å²) in [6.45, 7) is 0. The Morgan fingerprint density at radius 3 is 0.825 bits per heavy atom. The first-order valence-electron chi connectivity index (χ1n) is 19.3. The summed E-state index contributed by atoms with van der Waals surface area (Å²) in [5, 5.41) is 14.2. The van der Waals surface area contributed by atoms with Gasteiger partial charge in [-0.15, -0.1) is 0 Å². The number of aromatic nitrogens is 2. The van der Waals surface area contributed by atoms with Crippen molar-refractivity contribution in [1.82, 2.24) is 9.13 Å². The molecule has 0 atom stereocenters. The van der Waals surface area contributed by atoms with E-state index in [9.17, 15) is 8.78 Å². The van der Waals surface area contributed by atoms with Gasteiger partial charge in [0.05, 0.1) is 22.1 Å². The van der Waals surface area contributed by atoms with Crippen molar-refractivity contribution in [1.29, 1.82) is 0 Å². The summed E-state index contributed by atoms with van der Waals surface area (Å²) in [4.78, 5) is 0. The number of benzene rings is 10. The van der Waals surface area contributed by atoms with E-state index in [1.54, 1.807) is 24.3 Å². The summed E-state index contributed by atoms with van der Waals surface area (Å²) in [5.41, 5.74) is 6.78. The summed E-state index contributed by atoms with van der Waals surface area (Å²) in [6, 6.07) is 66.6. The minimum Gasteiger partial charge on any atom is -0.309 e. The molecule has 0 radical (unpaired) electrons.